The van der Waals surface area contributed by atoms with E-state index < -0.39 is 0 Å². The average molecular weight is 264 g/mol. The van der Waals surface area contributed by atoms with Crippen LogP contribution < -0.4 is 5.32 Å². The van der Waals surface area contributed by atoms with E-state index in [4.69, 9.17) is 16.0 Å². The summed E-state index contributed by atoms with van der Waals surface area (Å²) in [4.78, 5) is 0. The molecule has 1 aromatic carbocycles. The van der Waals surface area contributed by atoms with Crippen LogP contribution in [0.5, 0.6) is 0 Å². The molecule has 0 aliphatic carbocycles. The summed E-state index contributed by atoms with van der Waals surface area (Å²) in [6, 6.07) is 10.4. The highest BCUT2D eigenvalue weighted by Gasteiger charge is 2.05. The van der Waals surface area contributed by atoms with Crippen molar-refractivity contribution in [1.82, 2.24) is 0 Å². The van der Waals surface area contributed by atoms with Crippen molar-refractivity contribution in [1.29, 1.82) is 0 Å². The molecule has 2 aromatic rings. The van der Waals surface area contributed by atoms with E-state index in [-0.39, 0.29) is 0 Å². The molecule has 0 aliphatic rings. The summed E-state index contributed by atoms with van der Waals surface area (Å²) < 4.78 is 5.32. The van der Waals surface area contributed by atoms with Crippen molar-refractivity contribution in [2.75, 3.05) is 5.32 Å². The molecule has 0 spiro atoms. The smallest absolute Gasteiger partial charge is 0.103 e. The number of nitrogens with one attached hydrogen (secondary N) is 1. The Morgan fingerprint density at radius 3 is 2.83 bits per heavy atom. The molecule has 1 heterocycles. The first kappa shape index (κ1) is 13.0. The van der Waals surface area contributed by atoms with E-state index in [0.717, 1.165) is 34.9 Å². The Hall–Kier alpha value is -1.41. The molecule has 2 nitrogen and oxygen atoms in total. The van der Waals surface area contributed by atoms with Crippen LogP contribution in [0.1, 0.15) is 24.7 Å². The van der Waals surface area contributed by atoms with Gasteiger partial charge >= 0.3 is 0 Å². The van der Waals surface area contributed by atoms with Crippen LogP contribution in [-0.2, 0) is 6.42 Å². The Bertz CT molecular complexity index is 493. The Balaban J connectivity index is 1.86. The lowest BCUT2D eigenvalue weighted by atomic mass is 10.1. The van der Waals surface area contributed by atoms with Crippen molar-refractivity contribution in [3.8, 4) is 0 Å². The zero-order valence-electron chi connectivity index (χ0n) is 10.7. The van der Waals surface area contributed by atoms with Gasteiger partial charge in [-0.25, -0.2) is 0 Å². The van der Waals surface area contributed by atoms with Gasteiger partial charge in [0.25, 0.3) is 0 Å². The summed E-state index contributed by atoms with van der Waals surface area (Å²) in [5, 5.41) is 4.25. The molecule has 1 unspecified atom stereocenters. The van der Waals surface area contributed by atoms with Gasteiger partial charge in [0.2, 0.25) is 0 Å². The van der Waals surface area contributed by atoms with E-state index in [0.29, 0.717) is 6.04 Å². The summed E-state index contributed by atoms with van der Waals surface area (Å²) in [6.45, 7) is 4.17. The zero-order chi connectivity index (χ0) is 13.0. The maximum absolute atomic E-state index is 6.10. The monoisotopic (exact) mass is 263 g/mol. The molecule has 0 radical (unpaired) electrons. The van der Waals surface area contributed by atoms with Crippen LogP contribution in [0.4, 0.5) is 5.69 Å². The lowest BCUT2D eigenvalue weighted by molar-refractivity contribution is 0.495. The molecule has 1 N–H and O–H groups in total. The number of benzene rings is 1. The van der Waals surface area contributed by atoms with Gasteiger partial charge in [0.15, 0.2) is 0 Å². The minimum atomic E-state index is 0.383. The van der Waals surface area contributed by atoms with E-state index >= 15 is 0 Å². The number of rotatable bonds is 5. The molecule has 1 aromatic heterocycles. The highest BCUT2D eigenvalue weighted by Crippen LogP contribution is 2.21. The highest BCUT2D eigenvalue weighted by molar-refractivity contribution is 6.31. The molecule has 96 valence electrons. The number of hydrogen-bond donors (Lipinski definition) is 1. The summed E-state index contributed by atoms with van der Waals surface area (Å²) in [6.07, 6.45) is 3.69. The van der Waals surface area contributed by atoms with E-state index in [2.05, 4.69) is 18.3 Å². The molecule has 0 amide bonds. The van der Waals surface area contributed by atoms with E-state index in [9.17, 15) is 0 Å². The van der Waals surface area contributed by atoms with Crippen molar-refractivity contribution in [3.63, 3.8) is 0 Å². The first-order valence-corrected chi connectivity index (χ1v) is 6.58. The molecule has 0 aliphatic heterocycles. The van der Waals surface area contributed by atoms with Crippen LogP contribution in [-0.4, -0.2) is 6.04 Å². The van der Waals surface area contributed by atoms with E-state index in [1.165, 1.54) is 0 Å². The summed E-state index contributed by atoms with van der Waals surface area (Å²) in [5.74, 6) is 1.03. The molecular formula is C15H18ClNO. The average Bonchev–Trinajstić information content (AvgIpc) is 2.84. The van der Waals surface area contributed by atoms with Gasteiger partial charge in [-0.2, -0.15) is 0 Å². The van der Waals surface area contributed by atoms with Crippen LogP contribution in [0.15, 0.2) is 41.0 Å². The third-order valence-electron chi connectivity index (χ3n) is 2.99. The SMILES string of the molecule is Cc1ccc(NC(C)CCc2ccco2)cc1Cl. The minimum Gasteiger partial charge on any atom is -0.469 e. The number of furan rings is 1. The molecule has 2 rings (SSSR count). The second-order valence-corrected chi connectivity index (χ2v) is 5.03. The third-order valence-corrected chi connectivity index (χ3v) is 3.40. The topological polar surface area (TPSA) is 25.2 Å². The first-order valence-electron chi connectivity index (χ1n) is 6.20. The van der Waals surface area contributed by atoms with Gasteiger partial charge in [-0.3, -0.25) is 0 Å². The number of halogens is 1. The van der Waals surface area contributed by atoms with Crippen LogP contribution in [0, 0.1) is 6.92 Å². The molecule has 3 heteroatoms. The number of aryl methyl sites for hydroxylation is 2. The van der Waals surface area contributed by atoms with Crippen molar-refractivity contribution in [3.05, 3.63) is 52.9 Å². The Labute approximate surface area is 113 Å². The number of anilines is 1. The summed E-state index contributed by atoms with van der Waals surface area (Å²) >= 11 is 6.10. The lowest BCUT2D eigenvalue weighted by Gasteiger charge is -2.15. The third kappa shape index (κ3) is 3.54. The Kier molecular flexibility index (Phi) is 4.32. The van der Waals surface area contributed by atoms with E-state index in [1.807, 2.05) is 31.2 Å². The van der Waals surface area contributed by atoms with Gasteiger partial charge in [0.1, 0.15) is 5.76 Å². The normalized spacial score (nSPS) is 12.4. The predicted octanol–water partition coefficient (Wildman–Crippen LogP) is 4.67. The van der Waals surface area contributed by atoms with Crippen molar-refractivity contribution in [2.24, 2.45) is 0 Å². The molecule has 0 fully saturated rings. The van der Waals surface area contributed by atoms with Crippen LogP contribution in [0.25, 0.3) is 0 Å². The molecule has 18 heavy (non-hydrogen) atoms. The summed E-state index contributed by atoms with van der Waals surface area (Å²) in [7, 11) is 0. The Morgan fingerprint density at radius 2 is 2.17 bits per heavy atom. The fourth-order valence-electron chi connectivity index (χ4n) is 1.85. The zero-order valence-corrected chi connectivity index (χ0v) is 11.5. The number of hydrogen-bond acceptors (Lipinski definition) is 2. The van der Waals surface area contributed by atoms with Gasteiger partial charge in [0.05, 0.1) is 6.26 Å². The van der Waals surface area contributed by atoms with Gasteiger partial charge in [-0.1, -0.05) is 17.7 Å². The highest BCUT2D eigenvalue weighted by atomic mass is 35.5. The molecule has 0 saturated carbocycles. The largest absolute Gasteiger partial charge is 0.469 e. The van der Waals surface area contributed by atoms with Gasteiger partial charge < -0.3 is 9.73 Å². The van der Waals surface area contributed by atoms with Crippen molar-refractivity contribution < 1.29 is 4.42 Å². The fraction of sp³-hybridized carbons (Fsp3) is 0.333. The van der Waals surface area contributed by atoms with E-state index in [1.54, 1.807) is 6.26 Å². The Morgan fingerprint density at radius 1 is 1.33 bits per heavy atom. The van der Waals surface area contributed by atoms with Crippen LogP contribution in [0.2, 0.25) is 5.02 Å². The van der Waals surface area contributed by atoms with Crippen molar-refractivity contribution >= 4 is 17.3 Å². The van der Waals surface area contributed by atoms with Gasteiger partial charge in [-0.15, -0.1) is 0 Å². The van der Waals surface area contributed by atoms with Gasteiger partial charge in [-0.05, 0) is 50.1 Å². The van der Waals surface area contributed by atoms with Crippen LogP contribution >= 0.6 is 11.6 Å². The van der Waals surface area contributed by atoms with Gasteiger partial charge in [0, 0.05) is 23.2 Å². The molecule has 1 atom stereocenters. The quantitative estimate of drug-likeness (QED) is 0.848. The lowest BCUT2D eigenvalue weighted by Crippen LogP contribution is -2.15. The molecule has 0 saturated heterocycles. The second-order valence-electron chi connectivity index (χ2n) is 4.63. The fourth-order valence-corrected chi connectivity index (χ4v) is 2.03. The van der Waals surface area contributed by atoms with Crippen molar-refractivity contribution in [2.45, 2.75) is 32.7 Å². The molecular weight excluding hydrogens is 246 g/mol. The van der Waals surface area contributed by atoms with Crippen LogP contribution in [0.3, 0.4) is 0 Å². The molecule has 0 bridgehead atoms. The maximum atomic E-state index is 6.10. The predicted molar refractivity (Wildman–Crippen MR) is 76.3 cm³/mol. The first-order chi connectivity index (χ1) is 8.65. The second kappa shape index (κ2) is 5.96. The minimum absolute atomic E-state index is 0.383. The standard InChI is InChI=1S/C15H18ClNO/c1-11-5-7-13(10-15(11)16)17-12(2)6-8-14-4-3-9-18-14/h3-5,7,9-10,12,17H,6,8H2,1-2H3. The summed E-state index contributed by atoms with van der Waals surface area (Å²) in [5.41, 5.74) is 2.17. The maximum Gasteiger partial charge on any atom is 0.103 e.